The number of nitrogens with one attached hydrogen (secondary N) is 1. The first-order valence-corrected chi connectivity index (χ1v) is 7.78. The van der Waals surface area contributed by atoms with E-state index in [2.05, 4.69) is 24.2 Å². The van der Waals surface area contributed by atoms with Gasteiger partial charge in [0, 0.05) is 12.1 Å². The monoisotopic (exact) mass is 289 g/mol. The molecular formula is C17H27N3O. The molecular weight excluding hydrogens is 262 g/mol. The molecule has 2 rings (SSSR count). The van der Waals surface area contributed by atoms with Crippen molar-refractivity contribution in [2.45, 2.75) is 26.2 Å². The molecule has 0 aliphatic carbocycles. The van der Waals surface area contributed by atoms with Gasteiger partial charge >= 0.3 is 0 Å². The zero-order chi connectivity index (χ0) is 15.3. The fourth-order valence-corrected chi connectivity index (χ4v) is 2.72. The summed E-state index contributed by atoms with van der Waals surface area (Å²) in [4.78, 5) is 14.6. The minimum atomic E-state index is 0.0226. The molecule has 1 saturated heterocycles. The van der Waals surface area contributed by atoms with E-state index in [0.29, 0.717) is 6.54 Å². The fraction of sp³-hybridized carbons (Fsp3) is 0.588. The highest BCUT2D eigenvalue weighted by Gasteiger charge is 2.29. The summed E-state index contributed by atoms with van der Waals surface area (Å²) in [6.45, 7) is 5.88. The lowest BCUT2D eigenvalue weighted by Crippen LogP contribution is -2.43. The third-order valence-corrected chi connectivity index (χ3v) is 4.52. The van der Waals surface area contributed by atoms with Gasteiger partial charge in [0.15, 0.2) is 0 Å². The molecule has 1 aliphatic rings. The lowest BCUT2D eigenvalue weighted by Gasteiger charge is -2.37. The van der Waals surface area contributed by atoms with Gasteiger partial charge in [-0.2, -0.15) is 0 Å². The molecule has 0 saturated carbocycles. The number of amides is 1. The van der Waals surface area contributed by atoms with Crippen LogP contribution in [0.4, 0.5) is 0 Å². The summed E-state index contributed by atoms with van der Waals surface area (Å²) in [5.74, 6) is 0.0226. The number of rotatable bonds is 5. The SMILES string of the molecule is CN1CCC(C)(CNC(=O)c2ccc(CCN)cc2)CC1. The van der Waals surface area contributed by atoms with E-state index in [0.717, 1.165) is 44.5 Å². The van der Waals surface area contributed by atoms with Gasteiger partial charge in [-0.15, -0.1) is 0 Å². The van der Waals surface area contributed by atoms with E-state index in [4.69, 9.17) is 5.73 Å². The molecule has 0 aromatic heterocycles. The standard InChI is InChI=1S/C17H27N3O/c1-17(8-11-20(2)12-9-17)13-19-16(21)15-5-3-14(4-6-15)7-10-18/h3-6H,7-13,18H2,1-2H3,(H,19,21). The Morgan fingerprint density at radius 3 is 2.48 bits per heavy atom. The van der Waals surface area contributed by atoms with Crippen molar-refractivity contribution in [3.05, 3.63) is 35.4 Å². The van der Waals surface area contributed by atoms with E-state index in [9.17, 15) is 4.79 Å². The second kappa shape index (κ2) is 7.05. The molecule has 0 atom stereocenters. The fourth-order valence-electron chi connectivity index (χ4n) is 2.72. The second-order valence-electron chi connectivity index (χ2n) is 6.53. The van der Waals surface area contributed by atoms with E-state index >= 15 is 0 Å². The third kappa shape index (κ3) is 4.55. The van der Waals surface area contributed by atoms with Gasteiger partial charge in [0.05, 0.1) is 0 Å². The van der Waals surface area contributed by atoms with Crippen LogP contribution in [0.25, 0.3) is 0 Å². The first-order valence-electron chi connectivity index (χ1n) is 7.78. The van der Waals surface area contributed by atoms with Crippen LogP contribution in [0, 0.1) is 5.41 Å². The Labute approximate surface area is 127 Å². The summed E-state index contributed by atoms with van der Waals surface area (Å²) in [6.07, 6.45) is 3.13. The molecule has 0 spiro atoms. The maximum atomic E-state index is 12.2. The Bertz CT molecular complexity index is 461. The van der Waals surface area contributed by atoms with Crippen molar-refractivity contribution >= 4 is 5.91 Å². The first kappa shape index (κ1) is 16.0. The van der Waals surface area contributed by atoms with Gasteiger partial charge in [-0.3, -0.25) is 4.79 Å². The molecule has 0 bridgehead atoms. The molecule has 3 N–H and O–H groups in total. The maximum Gasteiger partial charge on any atom is 0.251 e. The maximum absolute atomic E-state index is 12.2. The molecule has 0 radical (unpaired) electrons. The van der Waals surface area contributed by atoms with E-state index in [1.807, 2.05) is 24.3 Å². The van der Waals surface area contributed by atoms with Gasteiger partial charge in [-0.25, -0.2) is 0 Å². The first-order chi connectivity index (χ1) is 10.0. The number of benzene rings is 1. The summed E-state index contributed by atoms with van der Waals surface area (Å²) in [5, 5.41) is 3.09. The minimum Gasteiger partial charge on any atom is -0.351 e. The number of nitrogens with zero attached hydrogens (tertiary/aromatic N) is 1. The molecule has 1 aromatic rings. The van der Waals surface area contributed by atoms with Crippen molar-refractivity contribution in [3.63, 3.8) is 0 Å². The van der Waals surface area contributed by atoms with Crippen molar-refractivity contribution in [2.75, 3.05) is 33.2 Å². The largest absolute Gasteiger partial charge is 0.351 e. The lowest BCUT2D eigenvalue weighted by molar-refractivity contribution is 0.0891. The zero-order valence-electron chi connectivity index (χ0n) is 13.2. The van der Waals surface area contributed by atoms with Crippen LogP contribution in [0.2, 0.25) is 0 Å². The van der Waals surface area contributed by atoms with E-state index in [-0.39, 0.29) is 11.3 Å². The Hall–Kier alpha value is -1.39. The Morgan fingerprint density at radius 1 is 1.29 bits per heavy atom. The number of carbonyl (C=O) groups excluding carboxylic acids is 1. The van der Waals surface area contributed by atoms with Crippen LogP contribution in [0.1, 0.15) is 35.7 Å². The van der Waals surface area contributed by atoms with Gasteiger partial charge < -0.3 is 16.0 Å². The van der Waals surface area contributed by atoms with Crippen LogP contribution in [0.3, 0.4) is 0 Å². The second-order valence-corrected chi connectivity index (χ2v) is 6.53. The lowest BCUT2D eigenvalue weighted by atomic mass is 9.80. The predicted octanol–water partition coefficient (Wildman–Crippen LogP) is 1.65. The normalized spacial score (nSPS) is 18.4. The van der Waals surface area contributed by atoms with Crippen LogP contribution >= 0.6 is 0 Å². The molecule has 1 amide bonds. The topological polar surface area (TPSA) is 58.4 Å². The minimum absolute atomic E-state index is 0.0226. The van der Waals surface area contributed by atoms with Crippen molar-refractivity contribution in [3.8, 4) is 0 Å². The number of hydrogen-bond acceptors (Lipinski definition) is 3. The number of likely N-dealkylation sites (tertiary alicyclic amines) is 1. The summed E-state index contributed by atoms with van der Waals surface area (Å²) in [5.41, 5.74) is 7.66. The van der Waals surface area contributed by atoms with E-state index < -0.39 is 0 Å². The van der Waals surface area contributed by atoms with E-state index in [1.54, 1.807) is 0 Å². The smallest absolute Gasteiger partial charge is 0.251 e. The van der Waals surface area contributed by atoms with Crippen LogP contribution in [-0.2, 0) is 6.42 Å². The Balaban J connectivity index is 1.86. The Morgan fingerprint density at radius 2 is 1.90 bits per heavy atom. The molecule has 4 nitrogen and oxygen atoms in total. The van der Waals surface area contributed by atoms with Gasteiger partial charge in [0.1, 0.15) is 0 Å². The summed E-state index contributed by atoms with van der Waals surface area (Å²) in [7, 11) is 2.15. The predicted molar refractivity (Wildman–Crippen MR) is 86.4 cm³/mol. The number of piperidine rings is 1. The van der Waals surface area contributed by atoms with Crippen LogP contribution in [0.15, 0.2) is 24.3 Å². The summed E-state index contributed by atoms with van der Waals surface area (Å²) >= 11 is 0. The summed E-state index contributed by atoms with van der Waals surface area (Å²) < 4.78 is 0. The van der Waals surface area contributed by atoms with Gasteiger partial charge in [-0.1, -0.05) is 19.1 Å². The van der Waals surface area contributed by atoms with Gasteiger partial charge in [0.25, 0.3) is 5.91 Å². The molecule has 1 fully saturated rings. The molecule has 1 aromatic carbocycles. The average Bonchev–Trinajstić information content (AvgIpc) is 2.49. The Kier molecular flexibility index (Phi) is 5.37. The van der Waals surface area contributed by atoms with Crippen LogP contribution in [-0.4, -0.2) is 44.0 Å². The number of carbonyl (C=O) groups is 1. The molecule has 1 heterocycles. The molecule has 4 heteroatoms. The van der Waals surface area contributed by atoms with Gasteiger partial charge in [0.2, 0.25) is 0 Å². The number of nitrogens with two attached hydrogens (primary N) is 1. The van der Waals surface area contributed by atoms with Gasteiger partial charge in [-0.05, 0) is 69.1 Å². The molecule has 0 unspecified atom stereocenters. The quantitative estimate of drug-likeness (QED) is 0.866. The highest BCUT2D eigenvalue weighted by molar-refractivity contribution is 5.94. The summed E-state index contributed by atoms with van der Waals surface area (Å²) in [6, 6.07) is 7.74. The van der Waals surface area contributed by atoms with Crippen molar-refractivity contribution in [1.82, 2.24) is 10.2 Å². The van der Waals surface area contributed by atoms with E-state index in [1.165, 1.54) is 5.56 Å². The van der Waals surface area contributed by atoms with Crippen LogP contribution < -0.4 is 11.1 Å². The molecule has 1 aliphatic heterocycles. The van der Waals surface area contributed by atoms with Crippen molar-refractivity contribution < 1.29 is 4.79 Å². The van der Waals surface area contributed by atoms with Crippen molar-refractivity contribution in [1.29, 1.82) is 0 Å². The van der Waals surface area contributed by atoms with Crippen LogP contribution in [0.5, 0.6) is 0 Å². The average molecular weight is 289 g/mol. The van der Waals surface area contributed by atoms with Crippen molar-refractivity contribution in [2.24, 2.45) is 11.1 Å². The highest BCUT2D eigenvalue weighted by atomic mass is 16.1. The zero-order valence-corrected chi connectivity index (χ0v) is 13.2. The molecule has 116 valence electrons. The highest BCUT2D eigenvalue weighted by Crippen LogP contribution is 2.29. The number of hydrogen-bond donors (Lipinski definition) is 2. The third-order valence-electron chi connectivity index (χ3n) is 4.52. The molecule has 21 heavy (non-hydrogen) atoms.